The molecule has 1 heterocycles. The molecule has 6 nitrogen and oxygen atoms in total. The summed E-state index contributed by atoms with van der Waals surface area (Å²) in [4.78, 5) is 11.7. The topological polar surface area (TPSA) is 76.8 Å². The summed E-state index contributed by atoms with van der Waals surface area (Å²) in [6, 6.07) is 4.98. The monoisotopic (exact) mass is 251 g/mol. The fourth-order valence-corrected chi connectivity index (χ4v) is 1.72. The second-order valence-electron chi connectivity index (χ2n) is 4.37. The summed E-state index contributed by atoms with van der Waals surface area (Å²) in [6.45, 7) is 0.242. The highest BCUT2D eigenvalue weighted by Crippen LogP contribution is 2.32. The number of hydrogen-bond donors (Lipinski definition) is 2. The van der Waals surface area contributed by atoms with Crippen molar-refractivity contribution in [1.29, 1.82) is 0 Å². The van der Waals surface area contributed by atoms with Crippen LogP contribution in [0.4, 0.5) is 0 Å². The Morgan fingerprint density at radius 2 is 2.17 bits per heavy atom. The first-order valence-electron chi connectivity index (χ1n) is 5.68. The minimum atomic E-state index is -0.590. The fraction of sp³-hybridized carbons (Fsp3) is 0.417. The Hall–Kier alpha value is -1.79. The Balaban J connectivity index is 1.99. The summed E-state index contributed by atoms with van der Waals surface area (Å²) < 4.78 is 10.5. The molecule has 18 heavy (non-hydrogen) atoms. The number of ether oxygens (including phenoxy) is 2. The van der Waals surface area contributed by atoms with E-state index in [1.54, 1.807) is 19.1 Å². The molecule has 0 saturated heterocycles. The van der Waals surface area contributed by atoms with Crippen LogP contribution in [-0.2, 0) is 11.2 Å². The number of nitrogens with one attached hydrogen (secondary N) is 1. The van der Waals surface area contributed by atoms with Crippen molar-refractivity contribution in [1.82, 2.24) is 10.4 Å². The molecule has 1 aliphatic rings. The maximum atomic E-state index is 11.7. The van der Waals surface area contributed by atoms with E-state index in [4.69, 9.17) is 15.2 Å². The molecular weight excluding hydrogens is 234 g/mol. The molecule has 1 atom stereocenters. The van der Waals surface area contributed by atoms with E-state index in [0.29, 0.717) is 12.2 Å². The normalized spacial score (nSPS) is 14.7. The first-order valence-corrected chi connectivity index (χ1v) is 5.68. The van der Waals surface area contributed by atoms with Gasteiger partial charge >= 0.3 is 0 Å². The molecule has 0 saturated carbocycles. The maximum absolute atomic E-state index is 11.7. The van der Waals surface area contributed by atoms with Crippen molar-refractivity contribution in [3.05, 3.63) is 23.8 Å². The van der Waals surface area contributed by atoms with Gasteiger partial charge in [0.05, 0.1) is 6.04 Å². The summed E-state index contributed by atoms with van der Waals surface area (Å²) in [5.74, 6) is 1.22. The second kappa shape index (κ2) is 5.24. The summed E-state index contributed by atoms with van der Waals surface area (Å²) in [7, 11) is 3.48. The number of hydrogen-bond acceptors (Lipinski definition) is 5. The van der Waals surface area contributed by atoms with E-state index < -0.39 is 6.04 Å². The smallest absolute Gasteiger partial charge is 0.251 e. The van der Waals surface area contributed by atoms with Gasteiger partial charge in [-0.25, -0.2) is 5.01 Å². The average molecular weight is 251 g/mol. The van der Waals surface area contributed by atoms with Gasteiger partial charge in [-0.15, -0.1) is 0 Å². The van der Waals surface area contributed by atoms with E-state index in [-0.39, 0.29) is 12.7 Å². The lowest BCUT2D eigenvalue weighted by Crippen LogP contribution is -2.47. The number of hydrazine groups is 1. The third-order valence-corrected chi connectivity index (χ3v) is 2.56. The maximum Gasteiger partial charge on any atom is 0.251 e. The zero-order valence-electron chi connectivity index (χ0n) is 10.5. The number of benzene rings is 1. The van der Waals surface area contributed by atoms with Crippen molar-refractivity contribution in [2.45, 2.75) is 12.5 Å². The lowest BCUT2D eigenvalue weighted by Gasteiger charge is -2.16. The van der Waals surface area contributed by atoms with Crippen molar-refractivity contribution in [3.8, 4) is 11.5 Å². The van der Waals surface area contributed by atoms with Crippen LogP contribution in [0.1, 0.15) is 5.56 Å². The van der Waals surface area contributed by atoms with Crippen molar-refractivity contribution >= 4 is 5.91 Å². The van der Waals surface area contributed by atoms with Crippen LogP contribution in [-0.4, -0.2) is 37.8 Å². The molecule has 6 heteroatoms. The molecule has 1 aromatic rings. The minimum absolute atomic E-state index is 0.210. The van der Waals surface area contributed by atoms with Crippen LogP contribution in [0.15, 0.2) is 18.2 Å². The van der Waals surface area contributed by atoms with Gasteiger partial charge in [-0.2, -0.15) is 0 Å². The van der Waals surface area contributed by atoms with E-state index in [9.17, 15) is 4.79 Å². The van der Waals surface area contributed by atoms with Crippen LogP contribution in [0.25, 0.3) is 0 Å². The molecule has 0 aliphatic carbocycles. The van der Waals surface area contributed by atoms with E-state index >= 15 is 0 Å². The summed E-state index contributed by atoms with van der Waals surface area (Å²) >= 11 is 0. The van der Waals surface area contributed by atoms with E-state index in [2.05, 4.69) is 5.43 Å². The predicted octanol–water partition coefficient (Wildman–Crippen LogP) is -0.122. The quantitative estimate of drug-likeness (QED) is 0.729. The Labute approximate surface area is 106 Å². The molecular formula is C12H17N3O3. The SMILES string of the molecule is CN(C)NC(=O)C(N)Cc1ccc2c(c1)OCO2. The summed E-state index contributed by atoms with van der Waals surface area (Å²) in [6.07, 6.45) is 0.455. The van der Waals surface area contributed by atoms with Crippen LogP contribution in [0.2, 0.25) is 0 Å². The number of carbonyl (C=O) groups is 1. The number of nitrogens with zero attached hydrogens (tertiary/aromatic N) is 1. The van der Waals surface area contributed by atoms with E-state index in [1.807, 2.05) is 18.2 Å². The van der Waals surface area contributed by atoms with Crippen LogP contribution < -0.4 is 20.6 Å². The van der Waals surface area contributed by atoms with Gasteiger partial charge in [0.15, 0.2) is 11.5 Å². The van der Waals surface area contributed by atoms with Crippen molar-refractivity contribution < 1.29 is 14.3 Å². The molecule has 0 bridgehead atoms. The molecule has 3 N–H and O–H groups in total. The third-order valence-electron chi connectivity index (χ3n) is 2.56. The molecule has 1 aromatic carbocycles. The van der Waals surface area contributed by atoms with Gasteiger partial charge in [0.1, 0.15) is 0 Å². The number of fused-ring (bicyclic) bond motifs is 1. The largest absolute Gasteiger partial charge is 0.454 e. The molecule has 1 unspecified atom stereocenters. The van der Waals surface area contributed by atoms with Gasteiger partial charge in [-0.1, -0.05) is 6.07 Å². The standard InChI is InChI=1S/C12H17N3O3/c1-15(2)14-12(16)9(13)5-8-3-4-10-11(6-8)18-7-17-10/h3-4,6,9H,5,7,13H2,1-2H3,(H,14,16). The van der Waals surface area contributed by atoms with E-state index in [0.717, 1.165) is 11.3 Å². The molecule has 2 rings (SSSR count). The zero-order valence-corrected chi connectivity index (χ0v) is 10.5. The minimum Gasteiger partial charge on any atom is -0.454 e. The fourth-order valence-electron chi connectivity index (χ4n) is 1.72. The Kier molecular flexibility index (Phi) is 3.69. The zero-order chi connectivity index (χ0) is 13.1. The molecule has 0 fully saturated rings. The van der Waals surface area contributed by atoms with Gasteiger partial charge in [-0.3, -0.25) is 10.2 Å². The highest BCUT2D eigenvalue weighted by atomic mass is 16.7. The number of rotatable bonds is 4. The molecule has 1 amide bonds. The molecule has 0 radical (unpaired) electrons. The van der Waals surface area contributed by atoms with Crippen LogP contribution in [0.5, 0.6) is 11.5 Å². The van der Waals surface area contributed by atoms with E-state index in [1.165, 1.54) is 0 Å². The summed E-state index contributed by atoms with van der Waals surface area (Å²) in [5, 5.41) is 1.57. The van der Waals surface area contributed by atoms with Gasteiger partial charge < -0.3 is 15.2 Å². The van der Waals surface area contributed by atoms with Gasteiger partial charge in [-0.05, 0) is 24.1 Å². The van der Waals surface area contributed by atoms with Gasteiger partial charge in [0.2, 0.25) is 6.79 Å². The highest BCUT2D eigenvalue weighted by Gasteiger charge is 2.17. The van der Waals surface area contributed by atoms with Crippen LogP contribution >= 0.6 is 0 Å². The summed E-state index contributed by atoms with van der Waals surface area (Å²) in [5.41, 5.74) is 9.41. The highest BCUT2D eigenvalue weighted by molar-refractivity contribution is 5.81. The van der Waals surface area contributed by atoms with Crippen molar-refractivity contribution in [3.63, 3.8) is 0 Å². The third kappa shape index (κ3) is 2.91. The van der Waals surface area contributed by atoms with Crippen LogP contribution in [0, 0.1) is 0 Å². The predicted molar refractivity (Wildman–Crippen MR) is 66.1 cm³/mol. The Morgan fingerprint density at radius 1 is 1.44 bits per heavy atom. The number of carbonyl (C=O) groups excluding carboxylic acids is 1. The number of nitrogens with two attached hydrogens (primary N) is 1. The van der Waals surface area contributed by atoms with Gasteiger partial charge in [0.25, 0.3) is 5.91 Å². The second-order valence-corrected chi connectivity index (χ2v) is 4.37. The molecule has 1 aliphatic heterocycles. The Morgan fingerprint density at radius 3 is 2.89 bits per heavy atom. The Bertz CT molecular complexity index is 448. The molecule has 98 valence electrons. The number of amides is 1. The first kappa shape index (κ1) is 12.7. The van der Waals surface area contributed by atoms with Crippen molar-refractivity contribution in [2.24, 2.45) is 5.73 Å². The van der Waals surface area contributed by atoms with Gasteiger partial charge in [0, 0.05) is 14.1 Å². The lowest BCUT2D eigenvalue weighted by atomic mass is 10.1. The lowest BCUT2D eigenvalue weighted by molar-refractivity contribution is -0.126. The first-order chi connectivity index (χ1) is 8.56. The molecule has 0 spiro atoms. The van der Waals surface area contributed by atoms with Crippen molar-refractivity contribution in [2.75, 3.05) is 20.9 Å². The van der Waals surface area contributed by atoms with Crippen LogP contribution in [0.3, 0.4) is 0 Å². The average Bonchev–Trinajstić information content (AvgIpc) is 2.75. The molecule has 0 aromatic heterocycles.